The molecule has 0 unspecified atom stereocenters. The summed E-state index contributed by atoms with van der Waals surface area (Å²) in [6.07, 6.45) is 1.84. The average molecular weight is 652 g/mol. The molecule has 4 heterocycles. The van der Waals surface area contributed by atoms with Gasteiger partial charge in [-0.25, -0.2) is 19.9 Å². The predicted octanol–water partition coefficient (Wildman–Crippen LogP) is 11.3. The van der Waals surface area contributed by atoms with Crippen LogP contribution in [-0.2, 0) is 0 Å². The number of aromatic nitrogens is 5. The number of nitrogens with zero attached hydrogens (tertiary/aromatic N) is 5. The fourth-order valence-corrected chi connectivity index (χ4v) is 7.21. The Balaban J connectivity index is 1.27. The van der Waals surface area contributed by atoms with Crippen LogP contribution in [-0.4, -0.2) is 24.5 Å². The SMILES string of the molecule is c1ccc(-c2cc(-c3ccccc3)cc(-c3nc(-c4ccccc4)nc4c3ccc3ccc(-n5c6ccccc6c6cccnc65)nc34)c2)cc1. The van der Waals surface area contributed by atoms with E-state index in [0.29, 0.717) is 5.82 Å². The van der Waals surface area contributed by atoms with Crippen LogP contribution in [0.25, 0.3) is 94.5 Å². The van der Waals surface area contributed by atoms with Crippen LogP contribution in [0.15, 0.2) is 176 Å². The molecule has 5 heteroatoms. The minimum Gasteiger partial charge on any atom is -0.278 e. The molecule has 0 radical (unpaired) electrons. The molecule has 51 heavy (non-hydrogen) atoms. The van der Waals surface area contributed by atoms with Crippen molar-refractivity contribution in [2.75, 3.05) is 0 Å². The summed E-state index contributed by atoms with van der Waals surface area (Å²) in [5.74, 6) is 1.45. The predicted molar refractivity (Wildman–Crippen MR) is 209 cm³/mol. The minimum absolute atomic E-state index is 0.655. The fourth-order valence-electron chi connectivity index (χ4n) is 7.21. The lowest BCUT2D eigenvalue weighted by atomic mass is 9.93. The number of pyridine rings is 2. The summed E-state index contributed by atoms with van der Waals surface area (Å²) in [5, 5.41) is 4.18. The van der Waals surface area contributed by atoms with Gasteiger partial charge < -0.3 is 0 Å². The van der Waals surface area contributed by atoms with Gasteiger partial charge >= 0.3 is 0 Å². The van der Waals surface area contributed by atoms with E-state index in [9.17, 15) is 0 Å². The highest BCUT2D eigenvalue weighted by Gasteiger charge is 2.19. The van der Waals surface area contributed by atoms with Gasteiger partial charge in [-0.05, 0) is 76.9 Å². The largest absolute Gasteiger partial charge is 0.278 e. The van der Waals surface area contributed by atoms with Crippen LogP contribution in [0.1, 0.15) is 0 Å². The molecule has 0 fully saturated rings. The Morgan fingerprint density at radius 1 is 0.392 bits per heavy atom. The van der Waals surface area contributed by atoms with Crippen molar-refractivity contribution in [3.05, 3.63) is 176 Å². The highest BCUT2D eigenvalue weighted by atomic mass is 15.1. The first-order valence-corrected chi connectivity index (χ1v) is 17.1. The van der Waals surface area contributed by atoms with Crippen molar-refractivity contribution in [2.24, 2.45) is 0 Å². The first kappa shape index (κ1) is 29.0. The van der Waals surface area contributed by atoms with E-state index in [1.54, 1.807) is 0 Å². The van der Waals surface area contributed by atoms with Gasteiger partial charge in [0, 0.05) is 38.9 Å². The Morgan fingerprint density at radius 3 is 1.73 bits per heavy atom. The van der Waals surface area contributed by atoms with Crippen molar-refractivity contribution in [1.29, 1.82) is 0 Å². The molecule has 6 aromatic carbocycles. The van der Waals surface area contributed by atoms with Gasteiger partial charge in [-0.3, -0.25) is 4.57 Å². The summed E-state index contributed by atoms with van der Waals surface area (Å²) < 4.78 is 2.15. The van der Waals surface area contributed by atoms with Crippen molar-refractivity contribution in [1.82, 2.24) is 24.5 Å². The van der Waals surface area contributed by atoms with Crippen LogP contribution in [0, 0.1) is 0 Å². The zero-order chi connectivity index (χ0) is 33.7. The molecule has 5 nitrogen and oxygen atoms in total. The molecule has 0 bridgehead atoms. The molecule has 0 amide bonds. The summed E-state index contributed by atoms with van der Waals surface area (Å²) in [6, 6.07) is 59.0. The minimum atomic E-state index is 0.655. The fraction of sp³-hybridized carbons (Fsp3) is 0. The second-order valence-corrected chi connectivity index (χ2v) is 12.7. The Morgan fingerprint density at radius 2 is 1.00 bits per heavy atom. The Bertz CT molecular complexity index is 2790. The number of rotatable bonds is 5. The monoisotopic (exact) mass is 651 g/mol. The normalized spacial score (nSPS) is 11.5. The van der Waals surface area contributed by atoms with Gasteiger partial charge in [-0.15, -0.1) is 0 Å². The van der Waals surface area contributed by atoms with E-state index in [0.717, 1.165) is 88.6 Å². The molecular weight excluding hydrogens is 623 g/mol. The van der Waals surface area contributed by atoms with Crippen molar-refractivity contribution in [3.8, 4) is 50.7 Å². The van der Waals surface area contributed by atoms with Crippen LogP contribution in [0.5, 0.6) is 0 Å². The number of hydrogen-bond acceptors (Lipinski definition) is 4. The summed E-state index contributed by atoms with van der Waals surface area (Å²) in [7, 11) is 0. The maximum Gasteiger partial charge on any atom is 0.160 e. The molecule has 0 spiro atoms. The van der Waals surface area contributed by atoms with Gasteiger partial charge in [0.2, 0.25) is 0 Å². The van der Waals surface area contributed by atoms with E-state index in [1.165, 1.54) is 0 Å². The third kappa shape index (κ3) is 4.94. The van der Waals surface area contributed by atoms with E-state index in [1.807, 2.05) is 30.5 Å². The standard InChI is InChI=1S/C46H29N5/c1-4-13-30(14-5-1)34-27-35(31-15-6-2-7-16-31)29-36(28-34)42-39-24-22-32-23-25-41(48-43(32)44(39)50-45(49-42)33-17-8-3-9-18-33)51-40-21-11-10-19-37(40)38-20-12-26-47-46(38)51/h1-29H. The summed E-state index contributed by atoms with van der Waals surface area (Å²) in [5.41, 5.74) is 10.9. The van der Waals surface area contributed by atoms with Gasteiger partial charge in [-0.2, -0.15) is 0 Å². The molecule has 238 valence electrons. The van der Waals surface area contributed by atoms with E-state index in [-0.39, 0.29) is 0 Å². The molecule has 0 aliphatic carbocycles. The van der Waals surface area contributed by atoms with Crippen LogP contribution in [0.4, 0.5) is 0 Å². The van der Waals surface area contributed by atoms with Gasteiger partial charge in [0.1, 0.15) is 17.0 Å². The summed E-state index contributed by atoms with van der Waals surface area (Å²) in [6.45, 7) is 0. The number of para-hydroxylation sites is 1. The average Bonchev–Trinajstić information content (AvgIpc) is 3.55. The van der Waals surface area contributed by atoms with Gasteiger partial charge in [0.05, 0.1) is 16.7 Å². The highest BCUT2D eigenvalue weighted by Crippen LogP contribution is 2.38. The molecule has 0 aliphatic heterocycles. The van der Waals surface area contributed by atoms with E-state index in [2.05, 4.69) is 150 Å². The first-order valence-electron chi connectivity index (χ1n) is 17.1. The van der Waals surface area contributed by atoms with Crippen LogP contribution in [0.3, 0.4) is 0 Å². The summed E-state index contributed by atoms with van der Waals surface area (Å²) >= 11 is 0. The number of benzene rings is 6. The van der Waals surface area contributed by atoms with Crippen molar-refractivity contribution in [3.63, 3.8) is 0 Å². The Kier molecular flexibility index (Phi) is 6.74. The third-order valence-corrected chi connectivity index (χ3v) is 9.63. The maximum atomic E-state index is 5.38. The smallest absolute Gasteiger partial charge is 0.160 e. The number of hydrogen-bond donors (Lipinski definition) is 0. The van der Waals surface area contributed by atoms with E-state index >= 15 is 0 Å². The lowest BCUT2D eigenvalue weighted by Gasteiger charge is -2.15. The van der Waals surface area contributed by atoms with Crippen molar-refractivity contribution in [2.45, 2.75) is 0 Å². The quantitative estimate of drug-likeness (QED) is 0.174. The molecule has 0 aliphatic rings. The second kappa shape index (κ2) is 11.9. The van der Waals surface area contributed by atoms with Crippen molar-refractivity contribution < 1.29 is 0 Å². The van der Waals surface area contributed by atoms with E-state index < -0.39 is 0 Å². The van der Waals surface area contributed by atoms with Gasteiger partial charge in [-0.1, -0.05) is 115 Å². The molecule has 4 aromatic heterocycles. The molecule has 0 N–H and O–H groups in total. The molecule has 10 aromatic rings. The van der Waals surface area contributed by atoms with Gasteiger partial charge in [0.15, 0.2) is 5.82 Å². The number of fused-ring (bicyclic) bond motifs is 6. The van der Waals surface area contributed by atoms with E-state index in [4.69, 9.17) is 19.9 Å². The van der Waals surface area contributed by atoms with Crippen molar-refractivity contribution >= 4 is 43.7 Å². The molecule has 0 saturated carbocycles. The molecule has 10 rings (SSSR count). The maximum absolute atomic E-state index is 5.38. The molecular formula is C46H29N5. The van der Waals surface area contributed by atoms with Crippen LogP contribution >= 0.6 is 0 Å². The lowest BCUT2D eigenvalue weighted by molar-refractivity contribution is 1.07. The van der Waals surface area contributed by atoms with Gasteiger partial charge in [0.25, 0.3) is 0 Å². The first-order chi connectivity index (χ1) is 25.3. The second-order valence-electron chi connectivity index (χ2n) is 12.7. The highest BCUT2D eigenvalue weighted by molar-refractivity contribution is 6.10. The zero-order valence-corrected chi connectivity index (χ0v) is 27.5. The lowest BCUT2D eigenvalue weighted by Crippen LogP contribution is -2.01. The summed E-state index contributed by atoms with van der Waals surface area (Å²) in [4.78, 5) is 20.8. The Labute approximate surface area is 294 Å². The topological polar surface area (TPSA) is 56.5 Å². The Hall–Kier alpha value is -6.98. The zero-order valence-electron chi connectivity index (χ0n) is 27.5. The molecule has 0 atom stereocenters. The van der Waals surface area contributed by atoms with Crippen LogP contribution < -0.4 is 0 Å². The third-order valence-electron chi connectivity index (χ3n) is 9.63. The molecule has 0 saturated heterocycles. The van der Waals surface area contributed by atoms with Crippen LogP contribution in [0.2, 0.25) is 0 Å².